The topological polar surface area (TPSA) is 20.2 Å². The molecule has 0 saturated carbocycles. The van der Waals surface area contributed by atoms with Gasteiger partial charge < -0.3 is 5.11 Å². The Balaban J connectivity index is 3.25. The molecule has 1 aromatic rings. The lowest BCUT2D eigenvalue weighted by Crippen LogP contribution is -1.94. The number of aliphatic hydroxyl groups is 1. The Morgan fingerprint density at radius 3 is 2.54 bits per heavy atom. The highest BCUT2D eigenvalue weighted by Gasteiger charge is 2.11. The van der Waals surface area contributed by atoms with Crippen molar-refractivity contribution in [2.45, 2.75) is 13.0 Å². The van der Waals surface area contributed by atoms with Gasteiger partial charge in [0.2, 0.25) is 0 Å². The first-order chi connectivity index (χ1) is 6.07. The van der Waals surface area contributed by atoms with Crippen molar-refractivity contribution >= 4 is 23.2 Å². The van der Waals surface area contributed by atoms with Gasteiger partial charge in [-0.25, -0.2) is 0 Å². The van der Waals surface area contributed by atoms with Crippen LogP contribution < -0.4 is 0 Å². The lowest BCUT2D eigenvalue weighted by Gasteiger charge is -2.10. The molecule has 0 heterocycles. The maximum atomic E-state index is 9.46. The molecule has 0 aromatic heterocycles. The Hall–Kier alpha value is -0.500. The van der Waals surface area contributed by atoms with Crippen LogP contribution in [-0.4, -0.2) is 5.11 Å². The standard InChI is InChI=1S/C10H10Cl2O/c1-3-8(13)7-5-4-6(2)9(11)10(7)12/h3-5,8,13H,1H2,2H3. The van der Waals surface area contributed by atoms with E-state index in [4.69, 9.17) is 23.2 Å². The van der Waals surface area contributed by atoms with Crippen molar-refractivity contribution in [3.8, 4) is 0 Å². The molecule has 0 spiro atoms. The second-order valence-corrected chi connectivity index (χ2v) is 3.54. The SMILES string of the molecule is C=CC(O)c1ccc(C)c(Cl)c1Cl. The Bertz CT molecular complexity index is 334. The molecule has 0 aliphatic carbocycles. The van der Waals surface area contributed by atoms with Crippen LogP contribution in [0, 0.1) is 6.92 Å². The number of rotatable bonds is 2. The number of benzene rings is 1. The minimum absolute atomic E-state index is 0.397. The molecule has 0 radical (unpaired) electrons. The van der Waals surface area contributed by atoms with E-state index in [2.05, 4.69) is 6.58 Å². The summed E-state index contributed by atoms with van der Waals surface area (Å²) in [5.74, 6) is 0. The second-order valence-electron chi connectivity index (χ2n) is 2.78. The normalized spacial score (nSPS) is 12.6. The summed E-state index contributed by atoms with van der Waals surface area (Å²) in [6, 6.07) is 3.56. The first-order valence-corrected chi connectivity index (χ1v) is 4.58. The Morgan fingerprint density at radius 2 is 2.00 bits per heavy atom. The molecule has 0 aliphatic rings. The first kappa shape index (κ1) is 10.6. The van der Waals surface area contributed by atoms with Crippen molar-refractivity contribution in [3.63, 3.8) is 0 Å². The van der Waals surface area contributed by atoms with E-state index in [0.29, 0.717) is 15.6 Å². The van der Waals surface area contributed by atoms with E-state index in [1.165, 1.54) is 6.08 Å². The zero-order chi connectivity index (χ0) is 10.0. The summed E-state index contributed by atoms with van der Waals surface area (Å²) in [4.78, 5) is 0. The Morgan fingerprint density at radius 1 is 1.38 bits per heavy atom. The van der Waals surface area contributed by atoms with Gasteiger partial charge in [-0.2, -0.15) is 0 Å². The Labute approximate surface area is 87.6 Å². The average Bonchev–Trinajstić information content (AvgIpc) is 2.13. The van der Waals surface area contributed by atoms with E-state index in [1.54, 1.807) is 6.07 Å². The first-order valence-electron chi connectivity index (χ1n) is 3.83. The van der Waals surface area contributed by atoms with Gasteiger partial charge in [0.05, 0.1) is 16.1 Å². The minimum atomic E-state index is -0.759. The molecule has 0 aliphatic heterocycles. The van der Waals surface area contributed by atoms with E-state index >= 15 is 0 Å². The van der Waals surface area contributed by atoms with Crippen molar-refractivity contribution < 1.29 is 5.11 Å². The number of aryl methyl sites for hydroxylation is 1. The van der Waals surface area contributed by atoms with Gasteiger partial charge in [-0.1, -0.05) is 41.4 Å². The maximum Gasteiger partial charge on any atom is 0.0984 e. The predicted molar refractivity (Wildman–Crippen MR) is 56.4 cm³/mol. The van der Waals surface area contributed by atoms with Crippen LogP contribution in [0.1, 0.15) is 17.2 Å². The molecule has 1 atom stereocenters. The monoisotopic (exact) mass is 216 g/mol. The molecular weight excluding hydrogens is 207 g/mol. The fourth-order valence-corrected chi connectivity index (χ4v) is 1.51. The molecule has 0 bridgehead atoms. The lowest BCUT2D eigenvalue weighted by molar-refractivity contribution is 0.229. The van der Waals surface area contributed by atoms with Crippen LogP contribution in [0.25, 0.3) is 0 Å². The van der Waals surface area contributed by atoms with Gasteiger partial charge in [0.25, 0.3) is 0 Å². The quantitative estimate of drug-likeness (QED) is 0.751. The van der Waals surface area contributed by atoms with Crippen LogP contribution in [0.15, 0.2) is 24.8 Å². The smallest absolute Gasteiger partial charge is 0.0984 e. The van der Waals surface area contributed by atoms with Crippen LogP contribution in [0.2, 0.25) is 10.0 Å². The minimum Gasteiger partial charge on any atom is -0.384 e. The van der Waals surface area contributed by atoms with Gasteiger partial charge in [0.15, 0.2) is 0 Å². The summed E-state index contributed by atoms with van der Waals surface area (Å²) in [6.07, 6.45) is 0.651. The fraction of sp³-hybridized carbons (Fsp3) is 0.200. The second kappa shape index (κ2) is 4.14. The van der Waals surface area contributed by atoms with Crippen LogP contribution in [0.3, 0.4) is 0 Å². The van der Waals surface area contributed by atoms with E-state index in [0.717, 1.165) is 5.56 Å². The fourth-order valence-electron chi connectivity index (χ4n) is 1.02. The molecule has 1 nitrogen and oxygen atoms in total. The van der Waals surface area contributed by atoms with Crippen LogP contribution in [0.5, 0.6) is 0 Å². The maximum absolute atomic E-state index is 9.46. The van der Waals surface area contributed by atoms with Gasteiger partial charge in [-0.15, -0.1) is 6.58 Å². The molecule has 1 rings (SSSR count). The van der Waals surface area contributed by atoms with Crippen molar-refractivity contribution in [1.82, 2.24) is 0 Å². The van der Waals surface area contributed by atoms with Crippen LogP contribution in [-0.2, 0) is 0 Å². The molecular formula is C10H10Cl2O. The molecule has 70 valence electrons. The van der Waals surface area contributed by atoms with E-state index < -0.39 is 6.10 Å². The van der Waals surface area contributed by atoms with Crippen molar-refractivity contribution in [3.05, 3.63) is 46.0 Å². The number of hydrogen-bond acceptors (Lipinski definition) is 1. The van der Waals surface area contributed by atoms with Crippen LogP contribution >= 0.6 is 23.2 Å². The molecule has 3 heteroatoms. The van der Waals surface area contributed by atoms with Crippen molar-refractivity contribution in [1.29, 1.82) is 0 Å². The third-order valence-electron chi connectivity index (χ3n) is 1.85. The van der Waals surface area contributed by atoms with Crippen molar-refractivity contribution in [2.24, 2.45) is 0 Å². The molecule has 1 N–H and O–H groups in total. The van der Waals surface area contributed by atoms with E-state index in [1.807, 2.05) is 13.0 Å². The van der Waals surface area contributed by atoms with Crippen molar-refractivity contribution in [2.75, 3.05) is 0 Å². The van der Waals surface area contributed by atoms with Gasteiger partial charge >= 0.3 is 0 Å². The summed E-state index contributed by atoms with van der Waals surface area (Å²) in [5.41, 5.74) is 1.49. The predicted octanol–water partition coefficient (Wildman–Crippen LogP) is 3.52. The number of hydrogen-bond donors (Lipinski definition) is 1. The average molecular weight is 217 g/mol. The largest absolute Gasteiger partial charge is 0.384 e. The third-order valence-corrected chi connectivity index (χ3v) is 2.84. The van der Waals surface area contributed by atoms with Crippen LogP contribution in [0.4, 0.5) is 0 Å². The van der Waals surface area contributed by atoms with E-state index in [9.17, 15) is 5.11 Å². The summed E-state index contributed by atoms with van der Waals surface area (Å²) in [6.45, 7) is 5.34. The lowest BCUT2D eigenvalue weighted by atomic mass is 10.1. The Kier molecular flexibility index (Phi) is 3.37. The van der Waals surface area contributed by atoms with E-state index in [-0.39, 0.29) is 0 Å². The molecule has 0 amide bonds. The zero-order valence-electron chi connectivity index (χ0n) is 7.22. The highest BCUT2D eigenvalue weighted by Crippen LogP contribution is 2.32. The summed E-state index contributed by atoms with van der Waals surface area (Å²) >= 11 is 11.8. The summed E-state index contributed by atoms with van der Waals surface area (Å²) in [7, 11) is 0. The molecule has 0 fully saturated rings. The molecule has 13 heavy (non-hydrogen) atoms. The number of aliphatic hydroxyl groups excluding tert-OH is 1. The molecule has 1 unspecified atom stereocenters. The summed E-state index contributed by atoms with van der Waals surface area (Å²) in [5, 5.41) is 10.3. The summed E-state index contributed by atoms with van der Waals surface area (Å²) < 4.78 is 0. The molecule has 0 saturated heterocycles. The number of halogens is 2. The van der Waals surface area contributed by atoms with Gasteiger partial charge in [0, 0.05) is 5.56 Å². The molecule has 1 aromatic carbocycles. The highest BCUT2D eigenvalue weighted by molar-refractivity contribution is 6.43. The highest BCUT2D eigenvalue weighted by atomic mass is 35.5. The van der Waals surface area contributed by atoms with Gasteiger partial charge in [0.1, 0.15) is 0 Å². The van der Waals surface area contributed by atoms with Gasteiger partial charge in [-0.3, -0.25) is 0 Å². The van der Waals surface area contributed by atoms with Gasteiger partial charge in [-0.05, 0) is 12.5 Å². The third kappa shape index (κ3) is 2.05. The zero-order valence-corrected chi connectivity index (χ0v) is 8.73.